The van der Waals surface area contributed by atoms with Crippen LogP contribution in [0.15, 0.2) is 4.52 Å². The van der Waals surface area contributed by atoms with Gasteiger partial charge in [0.05, 0.1) is 12.8 Å². The summed E-state index contributed by atoms with van der Waals surface area (Å²) in [6.45, 7) is 3.36. The van der Waals surface area contributed by atoms with Crippen molar-refractivity contribution in [2.75, 3.05) is 7.11 Å². The van der Waals surface area contributed by atoms with E-state index in [9.17, 15) is 8.42 Å². The molecule has 1 aromatic heterocycles. The van der Waals surface area contributed by atoms with Crippen LogP contribution in [0, 0.1) is 13.8 Å². The lowest BCUT2D eigenvalue weighted by Gasteiger charge is -1.99. The number of hydrogen-bond donors (Lipinski definition) is 0. The SMILES string of the molecule is COS(=O)(=O)Cc1c(C)noc1C. The van der Waals surface area contributed by atoms with Gasteiger partial charge >= 0.3 is 0 Å². The predicted molar refractivity (Wildman–Crippen MR) is 45.6 cm³/mol. The fourth-order valence-corrected chi connectivity index (χ4v) is 1.83. The second-order valence-corrected chi connectivity index (χ2v) is 4.41. The molecule has 0 amide bonds. The Morgan fingerprint density at radius 2 is 2.08 bits per heavy atom. The van der Waals surface area contributed by atoms with E-state index in [2.05, 4.69) is 9.34 Å². The van der Waals surface area contributed by atoms with Crippen molar-refractivity contribution in [3.63, 3.8) is 0 Å². The highest BCUT2D eigenvalue weighted by Crippen LogP contribution is 2.15. The van der Waals surface area contributed by atoms with Gasteiger partial charge in [-0.05, 0) is 13.8 Å². The highest BCUT2D eigenvalue weighted by atomic mass is 32.2. The number of rotatable bonds is 3. The van der Waals surface area contributed by atoms with Crippen molar-refractivity contribution in [1.82, 2.24) is 5.16 Å². The monoisotopic (exact) mass is 205 g/mol. The van der Waals surface area contributed by atoms with E-state index in [-0.39, 0.29) is 5.75 Å². The Kier molecular flexibility index (Phi) is 2.72. The van der Waals surface area contributed by atoms with E-state index in [0.717, 1.165) is 7.11 Å². The smallest absolute Gasteiger partial charge is 0.271 e. The molecule has 1 rings (SSSR count). The van der Waals surface area contributed by atoms with E-state index < -0.39 is 10.1 Å². The van der Waals surface area contributed by atoms with Gasteiger partial charge in [0, 0.05) is 5.56 Å². The van der Waals surface area contributed by atoms with Gasteiger partial charge in [0.25, 0.3) is 10.1 Å². The van der Waals surface area contributed by atoms with Crippen LogP contribution in [0.4, 0.5) is 0 Å². The molecule has 1 aromatic rings. The van der Waals surface area contributed by atoms with Gasteiger partial charge in [-0.25, -0.2) is 0 Å². The van der Waals surface area contributed by atoms with Gasteiger partial charge in [0.2, 0.25) is 0 Å². The minimum atomic E-state index is -3.49. The normalized spacial score (nSPS) is 11.9. The minimum Gasteiger partial charge on any atom is -0.361 e. The van der Waals surface area contributed by atoms with Crippen LogP contribution in [0.5, 0.6) is 0 Å². The van der Waals surface area contributed by atoms with E-state index in [1.54, 1.807) is 13.8 Å². The maximum absolute atomic E-state index is 11.1. The number of aromatic nitrogens is 1. The van der Waals surface area contributed by atoms with Crippen LogP contribution in [0.2, 0.25) is 0 Å². The van der Waals surface area contributed by atoms with Gasteiger partial charge in [-0.2, -0.15) is 8.42 Å². The predicted octanol–water partition coefficient (Wildman–Crippen LogP) is 0.768. The molecule has 1 heterocycles. The standard InChI is InChI=1S/C7H11NO4S/c1-5-7(6(2)12-8-5)4-13(9,10)11-3/h4H2,1-3H3. The molecule has 0 saturated heterocycles. The van der Waals surface area contributed by atoms with Crippen LogP contribution >= 0.6 is 0 Å². The lowest BCUT2D eigenvalue weighted by Crippen LogP contribution is -2.06. The van der Waals surface area contributed by atoms with Crippen molar-refractivity contribution < 1.29 is 17.1 Å². The zero-order valence-electron chi connectivity index (χ0n) is 7.70. The van der Waals surface area contributed by atoms with Crippen molar-refractivity contribution in [3.05, 3.63) is 17.0 Å². The van der Waals surface area contributed by atoms with E-state index in [1.807, 2.05) is 0 Å². The van der Waals surface area contributed by atoms with Crippen molar-refractivity contribution >= 4 is 10.1 Å². The Morgan fingerprint density at radius 3 is 2.46 bits per heavy atom. The Bertz CT molecular complexity index is 373. The number of aryl methyl sites for hydroxylation is 2. The largest absolute Gasteiger partial charge is 0.361 e. The highest BCUT2D eigenvalue weighted by molar-refractivity contribution is 7.85. The molecule has 0 radical (unpaired) electrons. The van der Waals surface area contributed by atoms with Gasteiger partial charge in [0.15, 0.2) is 0 Å². The quantitative estimate of drug-likeness (QED) is 0.681. The molecule has 0 bridgehead atoms. The average Bonchev–Trinajstić information content (AvgIpc) is 2.36. The molecule has 0 aliphatic rings. The van der Waals surface area contributed by atoms with E-state index >= 15 is 0 Å². The molecular formula is C7H11NO4S. The summed E-state index contributed by atoms with van der Waals surface area (Å²) in [5.41, 5.74) is 1.15. The van der Waals surface area contributed by atoms with Crippen LogP contribution in [0.1, 0.15) is 17.0 Å². The molecule has 0 aliphatic heterocycles. The fourth-order valence-electron chi connectivity index (χ4n) is 0.944. The van der Waals surface area contributed by atoms with E-state index in [1.165, 1.54) is 0 Å². The zero-order valence-corrected chi connectivity index (χ0v) is 8.51. The summed E-state index contributed by atoms with van der Waals surface area (Å²) in [6.07, 6.45) is 0. The molecule has 13 heavy (non-hydrogen) atoms. The molecule has 0 atom stereocenters. The lowest BCUT2D eigenvalue weighted by atomic mass is 10.2. The first kappa shape index (κ1) is 10.2. The molecule has 0 saturated carbocycles. The Hall–Kier alpha value is -0.880. The Balaban J connectivity index is 2.99. The zero-order chi connectivity index (χ0) is 10.1. The van der Waals surface area contributed by atoms with Crippen LogP contribution < -0.4 is 0 Å². The van der Waals surface area contributed by atoms with Gasteiger partial charge < -0.3 is 4.52 Å². The molecule has 0 spiro atoms. The lowest BCUT2D eigenvalue weighted by molar-refractivity contribution is 0.389. The topological polar surface area (TPSA) is 69.4 Å². The van der Waals surface area contributed by atoms with Gasteiger partial charge in [-0.3, -0.25) is 4.18 Å². The second-order valence-electron chi connectivity index (χ2n) is 2.67. The molecular weight excluding hydrogens is 194 g/mol. The molecule has 0 aliphatic carbocycles. The third-order valence-corrected chi connectivity index (χ3v) is 2.91. The van der Waals surface area contributed by atoms with Gasteiger partial charge in [0.1, 0.15) is 11.5 Å². The molecule has 0 aromatic carbocycles. The molecule has 0 N–H and O–H groups in total. The first-order chi connectivity index (χ1) is 5.96. The summed E-state index contributed by atoms with van der Waals surface area (Å²) in [6, 6.07) is 0. The fraction of sp³-hybridized carbons (Fsp3) is 0.571. The Morgan fingerprint density at radius 1 is 1.46 bits per heavy atom. The summed E-state index contributed by atoms with van der Waals surface area (Å²) in [7, 11) is -2.36. The van der Waals surface area contributed by atoms with Crippen molar-refractivity contribution in [1.29, 1.82) is 0 Å². The summed E-state index contributed by atoms with van der Waals surface area (Å²) in [4.78, 5) is 0. The van der Waals surface area contributed by atoms with E-state index in [0.29, 0.717) is 17.0 Å². The van der Waals surface area contributed by atoms with Crippen LogP contribution in [-0.4, -0.2) is 20.7 Å². The van der Waals surface area contributed by atoms with Gasteiger partial charge in [-0.1, -0.05) is 5.16 Å². The van der Waals surface area contributed by atoms with Crippen molar-refractivity contribution in [2.45, 2.75) is 19.6 Å². The number of nitrogens with zero attached hydrogens (tertiary/aromatic N) is 1. The van der Waals surface area contributed by atoms with Crippen LogP contribution in [0.3, 0.4) is 0 Å². The van der Waals surface area contributed by atoms with Gasteiger partial charge in [-0.15, -0.1) is 0 Å². The third kappa shape index (κ3) is 2.28. The summed E-state index contributed by atoms with van der Waals surface area (Å²) >= 11 is 0. The second kappa shape index (κ2) is 3.47. The molecule has 0 fully saturated rings. The first-order valence-corrected chi connectivity index (χ1v) is 5.24. The summed E-state index contributed by atoms with van der Waals surface area (Å²) < 4.78 is 31.3. The minimum absolute atomic E-state index is 0.190. The Labute approximate surface area is 76.8 Å². The maximum atomic E-state index is 11.1. The van der Waals surface area contributed by atoms with Crippen LogP contribution in [0.25, 0.3) is 0 Å². The average molecular weight is 205 g/mol. The summed E-state index contributed by atoms with van der Waals surface area (Å²) in [5, 5.41) is 3.64. The first-order valence-electron chi connectivity index (χ1n) is 3.66. The third-order valence-electron chi connectivity index (χ3n) is 1.76. The van der Waals surface area contributed by atoms with Crippen molar-refractivity contribution in [2.24, 2.45) is 0 Å². The molecule has 74 valence electrons. The number of hydrogen-bond acceptors (Lipinski definition) is 5. The molecule has 6 heteroatoms. The van der Waals surface area contributed by atoms with Crippen molar-refractivity contribution in [3.8, 4) is 0 Å². The van der Waals surface area contributed by atoms with Crippen LogP contribution in [-0.2, 0) is 20.1 Å². The highest BCUT2D eigenvalue weighted by Gasteiger charge is 2.17. The maximum Gasteiger partial charge on any atom is 0.271 e. The van der Waals surface area contributed by atoms with E-state index in [4.69, 9.17) is 4.52 Å². The molecule has 5 nitrogen and oxygen atoms in total. The summed E-state index contributed by atoms with van der Waals surface area (Å²) in [5.74, 6) is 0.322. The molecule has 0 unspecified atom stereocenters.